The fourth-order valence-electron chi connectivity index (χ4n) is 0.391. The van der Waals surface area contributed by atoms with Gasteiger partial charge in [0.15, 0.2) is 0 Å². The van der Waals surface area contributed by atoms with Crippen LogP contribution in [0.25, 0.3) is 0 Å². The highest BCUT2D eigenvalue weighted by Gasteiger charge is 1.79. The average molecular weight is 138 g/mol. The highest BCUT2D eigenvalue weighted by atomic mass is 16.4. The van der Waals surface area contributed by atoms with Gasteiger partial charge in [-0.2, -0.15) is 0 Å². The van der Waals surface area contributed by atoms with Gasteiger partial charge in [-0.3, -0.25) is 0 Å². The molecule has 0 saturated heterocycles. The van der Waals surface area contributed by atoms with Crippen LogP contribution in [-0.2, 0) is 4.79 Å². The molecule has 0 aliphatic rings. The number of carboxylic acid groups (broad SMARTS) is 1. The predicted octanol–water partition coefficient (Wildman–Crippen LogP) is 1.76. The van der Waals surface area contributed by atoms with E-state index in [1.807, 2.05) is 6.08 Å². The lowest BCUT2D eigenvalue weighted by Gasteiger charge is -1.76. The summed E-state index contributed by atoms with van der Waals surface area (Å²) in [5.41, 5.74) is 0. The molecule has 0 saturated carbocycles. The smallest absolute Gasteiger partial charge is 0.328 e. The Hall–Kier alpha value is -1.31. The molecule has 0 aliphatic heterocycles. The Morgan fingerprint density at radius 2 is 2.20 bits per heavy atom. The molecule has 2 heteroatoms. The topological polar surface area (TPSA) is 37.3 Å². The van der Waals surface area contributed by atoms with Crippen LogP contribution < -0.4 is 0 Å². The highest BCUT2D eigenvalue weighted by Crippen LogP contribution is 1.83. The molecule has 1 N–H and O–H groups in total. The van der Waals surface area contributed by atoms with E-state index >= 15 is 0 Å². The maximum absolute atomic E-state index is 9.89. The third kappa shape index (κ3) is 6.69. The highest BCUT2D eigenvalue weighted by molar-refractivity contribution is 5.80. The molecule has 0 unspecified atom stereocenters. The van der Waals surface area contributed by atoms with Gasteiger partial charge < -0.3 is 5.11 Å². The first-order chi connectivity index (χ1) is 4.77. The normalized spacial score (nSPS) is 10.8. The Kier molecular flexibility index (Phi) is 5.06. The molecule has 0 radical (unpaired) electrons. The van der Waals surface area contributed by atoms with Crippen molar-refractivity contribution in [2.75, 3.05) is 0 Å². The van der Waals surface area contributed by atoms with Gasteiger partial charge in [0.2, 0.25) is 0 Å². The van der Waals surface area contributed by atoms with Crippen molar-refractivity contribution in [3.8, 4) is 0 Å². The van der Waals surface area contributed by atoms with E-state index in [-0.39, 0.29) is 0 Å². The second kappa shape index (κ2) is 5.82. The SMILES string of the molecule is C=CCC=CC=CC(=O)O. The lowest BCUT2D eigenvalue weighted by molar-refractivity contribution is -0.131. The maximum atomic E-state index is 9.89. The van der Waals surface area contributed by atoms with E-state index in [2.05, 4.69) is 6.58 Å². The molecule has 0 aromatic heterocycles. The van der Waals surface area contributed by atoms with Crippen molar-refractivity contribution in [1.82, 2.24) is 0 Å². The van der Waals surface area contributed by atoms with E-state index in [1.54, 1.807) is 12.2 Å². The van der Waals surface area contributed by atoms with Crippen LogP contribution in [0.5, 0.6) is 0 Å². The largest absolute Gasteiger partial charge is 0.478 e. The Morgan fingerprint density at radius 3 is 2.70 bits per heavy atom. The Morgan fingerprint density at radius 1 is 1.50 bits per heavy atom. The molecule has 0 aliphatic carbocycles. The lowest BCUT2D eigenvalue weighted by Crippen LogP contribution is -1.84. The molecule has 0 rings (SSSR count). The Balaban J connectivity index is 3.51. The summed E-state index contributed by atoms with van der Waals surface area (Å²) in [6.45, 7) is 3.50. The van der Waals surface area contributed by atoms with Gasteiger partial charge in [-0.05, 0) is 6.42 Å². The first kappa shape index (κ1) is 8.69. The summed E-state index contributed by atoms with van der Waals surface area (Å²) in [5, 5.41) is 8.13. The summed E-state index contributed by atoms with van der Waals surface area (Å²) in [5.74, 6) is -0.928. The Labute approximate surface area is 60.2 Å². The fourth-order valence-corrected chi connectivity index (χ4v) is 0.391. The first-order valence-corrected chi connectivity index (χ1v) is 2.94. The van der Waals surface area contributed by atoms with Gasteiger partial charge in [0.05, 0.1) is 0 Å². The van der Waals surface area contributed by atoms with Gasteiger partial charge in [0, 0.05) is 6.08 Å². The average Bonchev–Trinajstić information content (AvgIpc) is 1.87. The van der Waals surface area contributed by atoms with Crippen molar-refractivity contribution in [1.29, 1.82) is 0 Å². The van der Waals surface area contributed by atoms with Gasteiger partial charge >= 0.3 is 5.97 Å². The maximum Gasteiger partial charge on any atom is 0.328 e. The summed E-state index contributed by atoms with van der Waals surface area (Å²) in [7, 11) is 0. The van der Waals surface area contributed by atoms with E-state index in [1.165, 1.54) is 6.08 Å². The van der Waals surface area contributed by atoms with Gasteiger partial charge in [-0.1, -0.05) is 24.3 Å². The molecule has 0 atom stereocenters. The summed E-state index contributed by atoms with van der Waals surface area (Å²) in [6.07, 6.45) is 8.57. The molecule has 10 heavy (non-hydrogen) atoms. The summed E-state index contributed by atoms with van der Waals surface area (Å²) >= 11 is 0. The molecular weight excluding hydrogens is 128 g/mol. The van der Waals surface area contributed by atoms with Crippen LogP contribution in [0.15, 0.2) is 37.0 Å². The molecule has 0 aromatic rings. The number of carbonyl (C=O) groups is 1. The van der Waals surface area contributed by atoms with Gasteiger partial charge in [-0.25, -0.2) is 4.79 Å². The quantitative estimate of drug-likeness (QED) is 0.365. The molecule has 0 fully saturated rings. The molecule has 0 heterocycles. The van der Waals surface area contributed by atoms with Crippen LogP contribution >= 0.6 is 0 Å². The third-order valence-electron chi connectivity index (χ3n) is 0.789. The number of allylic oxidation sites excluding steroid dienone is 4. The third-order valence-corrected chi connectivity index (χ3v) is 0.789. The molecule has 0 amide bonds. The standard InChI is InChI=1S/C8H10O2/c1-2-3-4-5-6-7-8(9)10/h2,4-7H,1,3H2,(H,9,10). The fraction of sp³-hybridized carbons (Fsp3) is 0.125. The second-order valence-electron chi connectivity index (χ2n) is 1.65. The minimum atomic E-state index is -0.928. The molecule has 0 spiro atoms. The molecule has 0 aromatic carbocycles. The minimum absolute atomic E-state index is 0.768. The number of rotatable bonds is 4. The van der Waals surface area contributed by atoms with Gasteiger partial charge in [0.25, 0.3) is 0 Å². The van der Waals surface area contributed by atoms with Crippen LogP contribution in [-0.4, -0.2) is 11.1 Å². The van der Waals surface area contributed by atoms with E-state index in [4.69, 9.17) is 5.11 Å². The van der Waals surface area contributed by atoms with E-state index in [9.17, 15) is 4.79 Å². The van der Waals surface area contributed by atoms with Gasteiger partial charge in [0.1, 0.15) is 0 Å². The van der Waals surface area contributed by atoms with Crippen LogP contribution in [0.3, 0.4) is 0 Å². The van der Waals surface area contributed by atoms with Crippen LogP contribution in [0.4, 0.5) is 0 Å². The molecule has 54 valence electrons. The monoisotopic (exact) mass is 138 g/mol. The van der Waals surface area contributed by atoms with Crippen molar-refractivity contribution in [3.05, 3.63) is 37.0 Å². The second-order valence-corrected chi connectivity index (χ2v) is 1.65. The molecule has 0 bridgehead atoms. The van der Waals surface area contributed by atoms with E-state index in [0.717, 1.165) is 12.5 Å². The zero-order valence-corrected chi connectivity index (χ0v) is 5.66. The number of hydrogen-bond acceptors (Lipinski definition) is 1. The van der Waals surface area contributed by atoms with Crippen molar-refractivity contribution in [2.45, 2.75) is 6.42 Å². The zero-order valence-electron chi connectivity index (χ0n) is 5.66. The van der Waals surface area contributed by atoms with Crippen LogP contribution in [0.1, 0.15) is 6.42 Å². The predicted molar refractivity (Wildman–Crippen MR) is 40.7 cm³/mol. The molecule has 2 nitrogen and oxygen atoms in total. The first-order valence-electron chi connectivity index (χ1n) is 2.94. The zero-order chi connectivity index (χ0) is 7.82. The van der Waals surface area contributed by atoms with Crippen molar-refractivity contribution < 1.29 is 9.90 Å². The minimum Gasteiger partial charge on any atom is -0.478 e. The van der Waals surface area contributed by atoms with E-state index in [0.29, 0.717) is 0 Å². The van der Waals surface area contributed by atoms with Gasteiger partial charge in [-0.15, -0.1) is 6.58 Å². The summed E-state index contributed by atoms with van der Waals surface area (Å²) < 4.78 is 0. The summed E-state index contributed by atoms with van der Waals surface area (Å²) in [6, 6.07) is 0. The van der Waals surface area contributed by atoms with Crippen molar-refractivity contribution >= 4 is 5.97 Å². The number of hydrogen-bond donors (Lipinski definition) is 1. The summed E-state index contributed by atoms with van der Waals surface area (Å²) in [4.78, 5) is 9.89. The van der Waals surface area contributed by atoms with Crippen LogP contribution in [0, 0.1) is 0 Å². The molecular formula is C8H10O2. The van der Waals surface area contributed by atoms with Crippen molar-refractivity contribution in [3.63, 3.8) is 0 Å². The van der Waals surface area contributed by atoms with Crippen LogP contribution in [0.2, 0.25) is 0 Å². The van der Waals surface area contributed by atoms with Crippen molar-refractivity contribution in [2.24, 2.45) is 0 Å². The number of carboxylic acids is 1. The lowest BCUT2D eigenvalue weighted by atomic mass is 10.3. The Bertz CT molecular complexity index is 166. The van der Waals surface area contributed by atoms with E-state index < -0.39 is 5.97 Å². The number of aliphatic carboxylic acids is 1.